The minimum absolute atomic E-state index is 0.0283. The molecule has 0 heterocycles. The van der Waals surface area contributed by atoms with Crippen molar-refractivity contribution in [3.05, 3.63) is 0 Å². The summed E-state index contributed by atoms with van der Waals surface area (Å²) in [6.45, 7) is 0.877. The van der Waals surface area contributed by atoms with Gasteiger partial charge in [0, 0.05) is 13.1 Å². The van der Waals surface area contributed by atoms with Gasteiger partial charge in [0.05, 0.1) is 13.2 Å². The largest absolute Gasteiger partial charge is 0.395 e. The summed E-state index contributed by atoms with van der Waals surface area (Å²) in [5, 5.41) is 8.79. The first-order chi connectivity index (χ1) is 7.22. The second kappa shape index (κ2) is 7.12. The highest BCUT2D eigenvalue weighted by molar-refractivity contribution is 4.71. The van der Waals surface area contributed by atoms with E-state index >= 15 is 0 Å². The topological polar surface area (TPSA) is 23.5 Å². The van der Waals surface area contributed by atoms with E-state index in [-0.39, 0.29) is 13.2 Å². The summed E-state index contributed by atoms with van der Waals surface area (Å²) in [6.07, 6.45) is 3.76. The van der Waals surface area contributed by atoms with E-state index in [9.17, 15) is 8.78 Å². The van der Waals surface area contributed by atoms with Crippen LogP contribution in [0.5, 0.6) is 0 Å². The van der Waals surface area contributed by atoms with Crippen molar-refractivity contribution in [3.63, 3.8) is 0 Å². The molecular weight excluding hydrogens is 200 g/mol. The fraction of sp³-hybridized carbons (Fsp3) is 1.00. The van der Waals surface area contributed by atoms with Gasteiger partial charge in [-0.05, 0) is 18.8 Å². The van der Waals surface area contributed by atoms with Gasteiger partial charge >= 0.3 is 0 Å². The molecule has 1 fully saturated rings. The monoisotopic (exact) mass is 221 g/mol. The van der Waals surface area contributed by atoms with Crippen LogP contribution in [0.4, 0.5) is 8.78 Å². The third-order valence-electron chi connectivity index (χ3n) is 3.05. The highest BCUT2D eigenvalue weighted by Gasteiger charge is 2.19. The summed E-state index contributed by atoms with van der Waals surface area (Å²) >= 11 is 0. The summed E-state index contributed by atoms with van der Waals surface area (Å²) in [7, 11) is 0. The number of nitrogens with zero attached hydrogens (tertiary/aromatic N) is 1. The van der Waals surface area contributed by atoms with Crippen molar-refractivity contribution in [1.82, 2.24) is 4.90 Å². The van der Waals surface area contributed by atoms with Gasteiger partial charge in [0.2, 0.25) is 0 Å². The zero-order chi connectivity index (χ0) is 11.1. The molecule has 0 aromatic rings. The third kappa shape index (κ3) is 5.42. The quantitative estimate of drug-likeness (QED) is 0.742. The molecule has 15 heavy (non-hydrogen) atoms. The number of hydrogen-bond acceptors (Lipinski definition) is 2. The summed E-state index contributed by atoms with van der Waals surface area (Å²) < 4.78 is 24.5. The van der Waals surface area contributed by atoms with Crippen molar-refractivity contribution in [2.24, 2.45) is 5.92 Å². The maximum atomic E-state index is 12.2. The van der Waals surface area contributed by atoms with Crippen LogP contribution in [0.2, 0.25) is 0 Å². The molecule has 2 nitrogen and oxygen atoms in total. The average molecular weight is 221 g/mol. The van der Waals surface area contributed by atoms with Crippen molar-refractivity contribution in [1.29, 1.82) is 0 Å². The van der Waals surface area contributed by atoms with E-state index in [1.807, 2.05) is 0 Å². The van der Waals surface area contributed by atoms with Gasteiger partial charge in [-0.3, -0.25) is 4.90 Å². The molecule has 0 spiro atoms. The predicted molar refractivity (Wildman–Crippen MR) is 56.1 cm³/mol. The lowest BCUT2D eigenvalue weighted by Gasteiger charge is -2.28. The highest BCUT2D eigenvalue weighted by Crippen LogP contribution is 2.24. The lowest BCUT2D eigenvalue weighted by Crippen LogP contribution is -2.36. The molecule has 0 amide bonds. The molecule has 0 bridgehead atoms. The molecule has 90 valence electrons. The molecule has 1 saturated carbocycles. The Morgan fingerprint density at radius 2 is 1.87 bits per heavy atom. The van der Waals surface area contributed by atoms with Crippen molar-refractivity contribution >= 4 is 0 Å². The van der Waals surface area contributed by atoms with Crippen LogP contribution in [-0.2, 0) is 0 Å². The van der Waals surface area contributed by atoms with E-state index in [4.69, 9.17) is 5.11 Å². The van der Waals surface area contributed by atoms with Crippen LogP contribution < -0.4 is 0 Å². The standard InChI is InChI=1S/C11H21F2NO/c12-11(13)9-14(6-7-15)8-10-4-2-1-3-5-10/h10-11,15H,1-9H2. The predicted octanol–water partition coefficient (Wildman–Crippen LogP) is 2.13. The zero-order valence-corrected chi connectivity index (χ0v) is 9.17. The molecule has 0 aliphatic heterocycles. The Morgan fingerprint density at radius 3 is 2.40 bits per heavy atom. The van der Waals surface area contributed by atoms with E-state index in [2.05, 4.69) is 0 Å². The maximum absolute atomic E-state index is 12.2. The van der Waals surface area contributed by atoms with Crippen LogP contribution in [0, 0.1) is 5.92 Å². The fourth-order valence-corrected chi connectivity index (χ4v) is 2.33. The van der Waals surface area contributed by atoms with Gasteiger partial charge in [-0.25, -0.2) is 8.78 Å². The van der Waals surface area contributed by atoms with Crippen LogP contribution in [0.3, 0.4) is 0 Å². The number of alkyl halides is 2. The van der Waals surface area contributed by atoms with E-state index in [1.165, 1.54) is 19.3 Å². The molecule has 0 unspecified atom stereocenters. The molecule has 1 rings (SSSR count). The number of halogens is 2. The number of aliphatic hydroxyl groups excluding tert-OH is 1. The van der Waals surface area contributed by atoms with Crippen LogP contribution in [0.1, 0.15) is 32.1 Å². The lowest BCUT2D eigenvalue weighted by atomic mass is 9.89. The van der Waals surface area contributed by atoms with E-state index < -0.39 is 6.43 Å². The Bertz CT molecular complexity index is 161. The smallest absolute Gasteiger partial charge is 0.251 e. The Morgan fingerprint density at radius 1 is 1.20 bits per heavy atom. The highest BCUT2D eigenvalue weighted by atomic mass is 19.3. The summed E-state index contributed by atoms with van der Waals surface area (Å²) in [6, 6.07) is 0. The van der Waals surface area contributed by atoms with Gasteiger partial charge in [0.25, 0.3) is 6.43 Å². The van der Waals surface area contributed by atoms with Crippen molar-refractivity contribution in [3.8, 4) is 0 Å². The normalized spacial score (nSPS) is 19.0. The van der Waals surface area contributed by atoms with Crippen LogP contribution in [-0.4, -0.2) is 42.7 Å². The molecule has 0 radical (unpaired) electrons. The number of aliphatic hydroxyl groups is 1. The number of rotatable bonds is 6. The third-order valence-corrected chi connectivity index (χ3v) is 3.05. The molecule has 1 N–H and O–H groups in total. The Hall–Kier alpha value is -0.220. The van der Waals surface area contributed by atoms with Gasteiger partial charge in [-0.1, -0.05) is 19.3 Å². The van der Waals surface area contributed by atoms with E-state index in [0.29, 0.717) is 12.5 Å². The zero-order valence-electron chi connectivity index (χ0n) is 9.17. The SMILES string of the molecule is OCCN(CC(F)F)CC1CCCCC1. The van der Waals surface area contributed by atoms with Gasteiger partial charge in [0.1, 0.15) is 0 Å². The first kappa shape index (κ1) is 12.8. The molecule has 0 atom stereocenters. The van der Waals surface area contributed by atoms with Gasteiger partial charge in [-0.2, -0.15) is 0 Å². The lowest BCUT2D eigenvalue weighted by molar-refractivity contribution is 0.0659. The molecule has 1 aliphatic rings. The van der Waals surface area contributed by atoms with Gasteiger partial charge < -0.3 is 5.11 Å². The maximum Gasteiger partial charge on any atom is 0.251 e. The van der Waals surface area contributed by atoms with Gasteiger partial charge in [-0.15, -0.1) is 0 Å². The second-order valence-electron chi connectivity index (χ2n) is 4.38. The fourth-order valence-electron chi connectivity index (χ4n) is 2.33. The van der Waals surface area contributed by atoms with Crippen molar-refractivity contribution in [2.75, 3.05) is 26.2 Å². The van der Waals surface area contributed by atoms with E-state index in [1.54, 1.807) is 4.90 Å². The first-order valence-electron chi connectivity index (χ1n) is 5.83. The minimum Gasteiger partial charge on any atom is -0.395 e. The molecule has 0 aromatic carbocycles. The summed E-state index contributed by atoms with van der Waals surface area (Å²) in [5.74, 6) is 0.559. The summed E-state index contributed by atoms with van der Waals surface area (Å²) in [5.41, 5.74) is 0. The van der Waals surface area contributed by atoms with E-state index in [0.717, 1.165) is 19.4 Å². The Balaban J connectivity index is 2.28. The Kier molecular flexibility index (Phi) is 6.10. The van der Waals surface area contributed by atoms with Crippen LogP contribution in [0.25, 0.3) is 0 Å². The molecule has 1 aliphatic carbocycles. The molecule has 4 heteroatoms. The van der Waals surface area contributed by atoms with Crippen molar-refractivity contribution in [2.45, 2.75) is 38.5 Å². The molecule has 0 saturated heterocycles. The molecular formula is C11H21F2NO. The number of hydrogen-bond donors (Lipinski definition) is 1. The van der Waals surface area contributed by atoms with Gasteiger partial charge in [0.15, 0.2) is 0 Å². The van der Waals surface area contributed by atoms with Crippen LogP contribution in [0.15, 0.2) is 0 Å². The Labute approximate surface area is 90.3 Å². The molecule has 0 aromatic heterocycles. The minimum atomic E-state index is -2.29. The first-order valence-corrected chi connectivity index (χ1v) is 5.83. The van der Waals surface area contributed by atoms with Crippen LogP contribution >= 0.6 is 0 Å². The summed E-state index contributed by atoms with van der Waals surface area (Å²) in [4.78, 5) is 1.70. The van der Waals surface area contributed by atoms with Crippen molar-refractivity contribution < 1.29 is 13.9 Å². The second-order valence-corrected chi connectivity index (χ2v) is 4.38. The average Bonchev–Trinajstić information content (AvgIpc) is 2.18.